The van der Waals surface area contributed by atoms with Crippen LogP contribution in [0.4, 0.5) is 5.00 Å². The molecule has 0 bridgehead atoms. The Hall–Kier alpha value is -1.10. The summed E-state index contributed by atoms with van der Waals surface area (Å²) in [6, 6.07) is 0. The van der Waals surface area contributed by atoms with Gasteiger partial charge in [0, 0.05) is 13.6 Å². The number of aromatic nitrogens is 1. The predicted molar refractivity (Wildman–Crippen MR) is 66.1 cm³/mol. The fraction of sp³-hybridized carbons (Fsp3) is 0.636. The van der Waals surface area contributed by atoms with Crippen molar-refractivity contribution in [3.8, 4) is 0 Å². The van der Waals surface area contributed by atoms with Crippen molar-refractivity contribution in [2.24, 2.45) is 5.92 Å². The fourth-order valence-corrected chi connectivity index (χ4v) is 2.57. The maximum atomic E-state index is 12.0. The summed E-state index contributed by atoms with van der Waals surface area (Å²) in [7, 11) is 1.82. The van der Waals surface area contributed by atoms with Gasteiger partial charge < -0.3 is 10.6 Å². The molecule has 2 rings (SSSR count). The molecule has 0 saturated heterocycles. The van der Waals surface area contributed by atoms with Gasteiger partial charge in [-0.25, -0.2) is 0 Å². The third-order valence-electron chi connectivity index (χ3n) is 3.09. The molecule has 0 spiro atoms. The fourth-order valence-electron chi connectivity index (χ4n) is 1.83. The molecule has 0 unspecified atom stereocenters. The van der Waals surface area contributed by atoms with E-state index in [9.17, 15) is 4.79 Å². The number of anilines is 1. The van der Waals surface area contributed by atoms with Gasteiger partial charge >= 0.3 is 0 Å². The molecule has 5 heteroatoms. The van der Waals surface area contributed by atoms with Crippen LogP contribution in [0.3, 0.4) is 0 Å². The van der Waals surface area contributed by atoms with E-state index in [-0.39, 0.29) is 5.91 Å². The second kappa shape index (κ2) is 4.82. The first-order valence-electron chi connectivity index (χ1n) is 5.64. The normalized spacial score (nSPS) is 15.6. The number of hydrogen-bond donors (Lipinski definition) is 2. The number of carbonyl (C=O) groups excluding carboxylic acids is 1. The first kappa shape index (κ1) is 11.4. The molecule has 1 saturated carbocycles. The molecule has 1 aromatic heterocycles. The first-order valence-corrected chi connectivity index (χ1v) is 6.42. The van der Waals surface area contributed by atoms with Crippen LogP contribution < -0.4 is 10.6 Å². The summed E-state index contributed by atoms with van der Waals surface area (Å²) in [5, 5.41) is 6.85. The first-order chi connectivity index (χ1) is 7.72. The number of hydrogen-bond acceptors (Lipinski definition) is 4. The van der Waals surface area contributed by atoms with Crippen LogP contribution in [-0.2, 0) is 0 Å². The van der Waals surface area contributed by atoms with Crippen LogP contribution >= 0.6 is 11.5 Å². The van der Waals surface area contributed by atoms with E-state index in [1.807, 2.05) is 14.0 Å². The minimum atomic E-state index is 0.00231. The maximum Gasteiger partial charge on any atom is 0.256 e. The van der Waals surface area contributed by atoms with Gasteiger partial charge in [0.2, 0.25) is 0 Å². The Balaban J connectivity index is 1.98. The molecule has 0 radical (unpaired) electrons. The summed E-state index contributed by atoms with van der Waals surface area (Å²) >= 11 is 1.34. The second-order valence-corrected chi connectivity index (χ2v) is 5.00. The molecule has 1 amide bonds. The molecule has 1 aromatic rings. The molecule has 2 N–H and O–H groups in total. The highest BCUT2D eigenvalue weighted by Crippen LogP contribution is 2.26. The largest absolute Gasteiger partial charge is 0.378 e. The summed E-state index contributed by atoms with van der Waals surface area (Å²) in [6.45, 7) is 2.67. The number of nitrogens with zero attached hydrogens (tertiary/aromatic N) is 1. The zero-order valence-corrected chi connectivity index (χ0v) is 10.5. The summed E-state index contributed by atoms with van der Waals surface area (Å²) in [4.78, 5) is 12.0. The molecule has 1 heterocycles. The van der Waals surface area contributed by atoms with Gasteiger partial charge in [-0.1, -0.05) is 6.42 Å². The molecule has 88 valence electrons. The number of carbonyl (C=O) groups is 1. The Labute approximate surface area is 99.6 Å². The maximum absolute atomic E-state index is 12.0. The molecular weight excluding hydrogens is 222 g/mol. The highest BCUT2D eigenvalue weighted by Gasteiger charge is 2.21. The van der Waals surface area contributed by atoms with Gasteiger partial charge in [0.25, 0.3) is 5.91 Å². The lowest BCUT2D eigenvalue weighted by atomic mass is 9.85. The topological polar surface area (TPSA) is 54.0 Å². The van der Waals surface area contributed by atoms with Crippen LogP contribution in [0.2, 0.25) is 0 Å². The smallest absolute Gasteiger partial charge is 0.256 e. The third-order valence-corrected chi connectivity index (χ3v) is 4.05. The number of aryl methyl sites for hydroxylation is 1. The second-order valence-electron chi connectivity index (χ2n) is 4.23. The van der Waals surface area contributed by atoms with E-state index in [4.69, 9.17) is 0 Å². The van der Waals surface area contributed by atoms with Crippen LogP contribution in [-0.4, -0.2) is 23.9 Å². The molecular formula is C11H17N3OS. The van der Waals surface area contributed by atoms with Gasteiger partial charge in [0.1, 0.15) is 5.00 Å². The number of nitrogens with one attached hydrogen (secondary N) is 2. The van der Waals surface area contributed by atoms with Crippen molar-refractivity contribution in [1.29, 1.82) is 0 Å². The van der Waals surface area contributed by atoms with Gasteiger partial charge in [-0.05, 0) is 37.2 Å². The van der Waals surface area contributed by atoms with Crippen molar-refractivity contribution in [3.05, 3.63) is 11.3 Å². The lowest BCUT2D eigenvalue weighted by Gasteiger charge is -2.25. The monoisotopic (exact) mass is 239 g/mol. The zero-order chi connectivity index (χ0) is 11.5. The van der Waals surface area contributed by atoms with Crippen LogP contribution in [0, 0.1) is 12.8 Å². The predicted octanol–water partition coefficient (Wildman–Crippen LogP) is 2.02. The summed E-state index contributed by atoms with van der Waals surface area (Å²) in [6.07, 6.45) is 3.81. The highest BCUT2D eigenvalue weighted by atomic mass is 32.1. The van der Waals surface area contributed by atoms with Crippen molar-refractivity contribution < 1.29 is 4.79 Å². The van der Waals surface area contributed by atoms with Gasteiger partial charge in [0.15, 0.2) is 0 Å². The van der Waals surface area contributed by atoms with E-state index in [2.05, 4.69) is 15.0 Å². The standard InChI is InChI=1S/C11H17N3OS/c1-7-9(11(12-2)16-14-7)10(15)13-6-8-4-3-5-8/h8,12H,3-6H2,1-2H3,(H,13,15). The molecule has 1 aliphatic carbocycles. The zero-order valence-electron chi connectivity index (χ0n) is 9.67. The van der Waals surface area contributed by atoms with Gasteiger partial charge in [-0.15, -0.1) is 0 Å². The van der Waals surface area contributed by atoms with Crippen molar-refractivity contribution >= 4 is 22.4 Å². The van der Waals surface area contributed by atoms with E-state index in [0.717, 1.165) is 17.2 Å². The lowest BCUT2D eigenvalue weighted by Crippen LogP contribution is -2.32. The van der Waals surface area contributed by atoms with Crippen LogP contribution in [0.1, 0.15) is 35.3 Å². The van der Waals surface area contributed by atoms with E-state index < -0.39 is 0 Å². The summed E-state index contributed by atoms with van der Waals surface area (Å²) in [5.74, 6) is 0.691. The number of amides is 1. The molecule has 1 fully saturated rings. The highest BCUT2D eigenvalue weighted by molar-refractivity contribution is 7.10. The SMILES string of the molecule is CNc1snc(C)c1C(=O)NCC1CCC1. The Morgan fingerprint density at radius 2 is 2.31 bits per heavy atom. The average molecular weight is 239 g/mol. The van der Waals surface area contributed by atoms with Gasteiger partial charge in [-0.2, -0.15) is 4.37 Å². The molecule has 0 aromatic carbocycles. The Morgan fingerprint density at radius 1 is 1.56 bits per heavy atom. The van der Waals surface area contributed by atoms with Crippen LogP contribution in [0.5, 0.6) is 0 Å². The molecule has 4 nitrogen and oxygen atoms in total. The third kappa shape index (κ3) is 2.19. The van der Waals surface area contributed by atoms with Crippen molar-refractivity contribution in [3.63, 3.8) is 0 Å². The quantitative estimate of drug-likeness (QED) is 0.845. The van der Waals surface area contributed by atoms with Crippen LogP contribution in [0.25, 0.3) is 0 Å². The van der Waals surface area contributed by atoms with E-state index in [1.54, 1.807) is 0 Å². The van der Waals surface area contributed by atoms with Gasteiger partial charge in [0.05, 0.1) is 11.3 Å². The minimum absolute atomic E-state index is 0.00231. The van der Waals surface area contributed by atoms with E-state index >= 15 is 0 Å². The van der Waals surface area contributed by atoms with Crippen LogP contribution in [0.15, 0.2) is 0 Å². The summed E-state index contributed by atoms with van der Waals surface area (Å²) in [5.41, 5.74) is 1.51. The van der Waals surface area contributed by atoms with Gasteiger partial charge in [-0.3, -0.25) is 4.79 Å². The Kier molecular flexibility index (Phi) is 3.43. The average Bonchev–Trinajstić information content (AvgIpc) is 2.57. The molecule has 0 atom stereocenters. The summed E-state index contributed by atoms with van der Waals surface area (Å²) < 4.78 is 4.19. The van der Waals surface area contributed by atoms with Crippen molar-refractivity contribution in [1.82, 2.24) is 9.69 Å². The minimum Gasteiger partial charge on any atom is -0.378 e. The Morgan fingerprint density at radius 3 is 2.88 bits per heavy atom. The van der Waals surface area contributed by atoms with Crippen molar-refractivity contribution in [2.75, 3.05) is 18.9 Å². The van der Waals surface area contributed by atoms with Crippen molar-refractivity contribution in [2.45, 2.75) is 26.2 Å². The Bertz CT molecular complexity index is 385. The molecule has 0 aliphatic heterocycles. The molecule has 1 aliphatic rings. The lowest BCUT2D eigenvalue weighted by molar-refractivity contribution is 0.0939. The molecule has 16 heavy (non-hydrogen) atoms. The number of rotatable bonds is 4. The van der Waals surface area contributed by atoms with E-state index in [1.165, 1.54) is 30.8 Å². The van der Waals surface area contributed by atoms with E-state index in [0.29, 0.717) is 11.5 Å².